The number of aryl methyl sites for hydroxylation is 1. The molecular weight excluding hydrogens is 346 g/mol. The summed E-state index contributed by atoms with van der Waals surface area (Å²) in [7, 11) is 0. The molecule has 1 aliphatic carbocycles. The van der Waals surface area contributed by atoms with Crippen LogP contribution < -0.4 is 10.6 Å². The van der Waals surface area contributed by atoms with Gasteiger partial charge in [-0.15, -0.1) is 11.3 Å². The number of fused-ring (bicyclic) bond motifs is 1. The van der Waals surface area contributed by atoms with Crippen molar-refractivity contribution in [1.82, 2.24) is 10.3 Å². The molecule has 0 spiro atoms. The fourth-order valence-electron chi connectivity index (χ4n) is 2.74. The third-order valence-electron chi connectivity index (χ3n) is 4.26. The van der Waals surface area contributed by atoms with Gasteiger partial charge in [0.15, 0.2) is 0 Å². The summed E-state index contributed by atoms with van der Waals surface area (Å²) < 4.78 is 1.13. The highest BCUT2D eigenvalue weighted by Gasteiger charge is 2.25. The summed E-state index contributed by atoms with van der Waals surface area (Å²) in [6, 6.07) is 15.4. The lowest BCUT2D eigenvalue weighted by atomic mass is 10.1. The molecule has 132 valence electrons. The van der Waals surface area contributed by atoms with Gasteiger partial charge >= 0.3 is 0 Å². The number of carbonyl (C=O) groups is 2. The molecule has 1 fully saturated rings. The number of benzene rings is 2. The van der Waals surface area contributed by atoms with Crippen molar-refractivity contribution in [2.75, 3.05) is 5.32 Å². The van der Waals surface area contributed by atoms with E-state index in [9.17, 15) is 9.59 Å². The van der Waals surface area contributed by atoms with Gasteiger partial charge in [-0.2, -0.15) is 0 Å². The molecule has 1 saturated carbocycles. The van der Waals surface area contributed by atoms with Gasteiger partial charge in [-0.1, -0.05) is 24.3 Å². The number of hydrogen-bond acceptors (Lipinski definition) is 4. The first-order valence-corrected chi connectivity index (χ1v) is 9.55. The Morgan fingerprint density at radius 2 is 1.85 bits per heavy atom. The highest BCUT2D eigenvalue weighted by atomic mass is 32.1. The quantitative estimate of drug-likeness (QED) is 0.699. The van der Waals surface area contributed by atoms with E-state index in [0.29, 0.717) is 24.1 Å². The summed E-state index contributed by atoms with van der Waals surface area (Å²) in [5, 5.41) is 6.77. The van der Waals surface area contributed by atoms with Crippen LogP contribution in [0.2, 0.25) is 0 Å². The van der Waals surface area contributed by atoms with Crippen molar-refractivity contribution in [3.05, 3.63) is 59.1 Å². The number of hydrogen-bond donors (Lipinski definition) is 2. The highest BCUT2D eigenvalue weighted by Crippen LogP contribution is 2.23. The molecule has 0 aliphatic heterocycles. The van der Waals surface area contributed by atoms with Gasteiger partial charge in [0.1, 0.15) is 0 Å². The SMILES string of the molecule is O=C(CCc1nc2ccccc2s1)Nc1ccccc1C(=O)NC1CC1. The van der Waals surface area contributed by atoms with Crippen LogP contribution in [0.1, 0.15) is 34.6 Å². The van der Waals surface area contributed by atoms with Crippen LogP contribution in [0.3, 0.4) is 0 Å². The van der Waals surface area contributed by atoms with Crippen molar-refractivity contribution in [3.8, 4) is 0 Å². The first kappa shape index (κ1) is 16.7. The predicted octanol–water partition coefficient (Wildman–Crippen LogP) is 3.76. The molecule has 0 bridgehead atoms. The smallest absolute Gasteiger partial charge is 0.253 e. The van der Waals surface area contributed by atoms with Gasteiger partial charge in [0.25, 0.3) is 5.91 Å². The lowest BCUT2D eigenvalue weighted by Crippen LogP contribution is -2.27. The van der Waals surface area contributed by atoms with Crippen molar-refractivity contribution in [2.24, 2.45) is 0 Å². The Bertz CT molecular complexity index is 929. The Morgan fingerprint density at radius 3 is 2.65 bits per heavy atom. The number of thiazole rings is 1. The van der Waals surface area contributed by atoms with E-state index in [1.165, 1.54) is 0 Å². The van der Waals surface area contributed by atoms with Crippen LogP contribution in [-0.4, -0.2) is 22.8 Å². The zero-order chi connectivity index (χ0) is 17.9. The van der Waals surface area contributed by atoms with Crippen molar-refractivity contribution >= 4 is 39.1 Å². The van der Waals surface area contributed by atoms with Crippen LogP contribution >= 0.6 is 11.3 Å². The number of para-hydroxylation sites is 2. The molecule has 5 nitrogen and oxygen atoms in total. The molecule has 2 N–H and O–H groups in total. The lowest BCUT2D eigenvalue weighted by Gasteiger charge is -2.11. The maximum atomic E-state index is 12.3. The zero-order valence-corrected chi connectivity index (χ0v) is 15.0. The van der Waals surface area contributed by atoms with Gasteiger partial charge in [-0.25, -0.2) is 4.98 Å². The number of rotatable bonds is 6. The first-order valence-electron chi connectivity index (χ1n) is 8.73. The van der Waals surface area contributed by atoms with Gasteiger partial charge < -0.3 is 10.6 Å². The minimum atomic E-state index is -0.130. The summed E-state index contributed by atoms with van der Waals surface area (Å²) in [4.78, 5) is 29.2. The van der Waals surface area contributed by atoms with E-state index in [4.69, 9.17) is 0 Å². The van der Waals surface area contributed by atoms with Gasteiger partial charge in [0.05, 0.1) is 26.5 Å². The Balaban J connectivity index is 1.39. The topological polar surface area (TPSA) is 71.1 Å². The van der Waals surface area contributed by atoms with Crippen LogP contribution in [0.25, 0.3) is 10.2 Å². The Hall–Kier alpha value is -2.73. The van der Waals surface area contributed by atoms with E-state index >= 15 is 0 Å². The molecule has 0 atom stereocenters. The monoisotopic (exact) mass is 365 g/mol. The number of nitrogens with zero attached hydrogens (tertiary/aromatic N) is 1. The van der Waals surface area contributed by atoms with Crippen LogP contribution in [0.15, 0.2) is 48.5 Å². The average molecular weight is 365 g/mol. The van der Waals surface area contributed by atoms with Gasteiger partial charge in [0.2, 0.25) is 5.91 Å². The summed E-state index contributed by atoms with van der Waals surface area (Å²) in [5.74, 6) is -0.245. The lowest BCUT2D eigenvalue weighted by molar-refractivity contribution is -0.116. The molecule has 2 aromatic carbocycles. The molecule has 4 rings (SSSR count). The zero-order valence-electron chi connectivity index (χ0n) is 14.2. The second-order valence-electron chi connectivity index (χ2n) is 6.42. The second kappa shape index (κ2) is 7.25. The Kier molecular flexibility index (Phi) is 4.67. The molecule has 26 heavy (non-hydrogen) atoms. The largest absolute Gasteiger partial charge is 0.349 e. The molecule has 0 radical (unpaired) electrons. The molecule has 1 aliphatic rings. The Labute approximate surface area is 155 Å². The molecule has 3 aromatic rings. The molecule has 1 heterocycles. The third-order valence-corrected chi connectivity index (χ3v) is 5.36. The van der Waals surface area contributed by atoms with E-state index in [-0.39, 0.29) is 17.9 Å². The van der Waals surface area contributed by atoms with Gasteiger partial charge in [-0.3, -0.25) is 9.59 Å². The fraction of sp³-hybridized carbons (Fsp3) is 0.250. The van der Waals surface area contributed by atoms with Crippen LogP contribution in [0.4, 0.5) is 5.69 Å². The third kappa shape index (κ3) is 3.91. The standard InChI is InChI=1S/C20H19N3O2S/c24-18(11-12-19-23-16-7-3-4-8-17(16)26-19)22-15-6-2-1-5-14(15)20(25)21-13-9-10-13/h1-8,13H,9-12H2,(H,21,25)(H,22,24). The van der Waals surface area contributed by atoms with Crippen molar-refractivity contribution in [3.63, 3.8) is 0 Å². The van der Waals surface area contributed by atoms with Gasteiger partial charge in [-0.05, 0) is 37.1 Å². The van der Waals surface area contributed by atoms with Crippen molar-refractivity contribution in [2.45, 2.75) is 31.7 Å². The van der Waals surface area contributed by atoms with Crippen LogP contribution in [-0.2, 0) is 11.2 Å². The highest BCUT2D eigenvalue weighted by molar-refractivity contribution is 7.18. The number of amides is 2. The number of aromatic nitrogens is 1. The van der Waals surface area contributed by atoms with Crippen molar-refractivity contribution in [1.29, 1.82) is 0 Å². The van der Waals surface area contributed by atoms with E-state index < -0.39 is 0 Å². The van der Waals surface area contributed by atoms with E-state index in [1.807, 2.05) is 30.3 Å². The van der Waals surface area contributed by atoms with Gasteiger partial charge in [0, 0.05) is 18.9 Å². The van der Waals surface area contributed by atoms with E-state index in [1.54, 1.807) is 29.5 Å². The van der Waals surface area contributed by atoms with Crippen LogP contribution in [0.5, 0.6) is 0 Å². The predicted molar refractivity (Wildman–Crippen MR) is 104 cm³/mol. The minimum absolute atomic E-state index is 0.115. The van der Waals surface area contributed by atoms with Crippen LogP contribution in [0, 0.1) is 0 Å². The number of anilines is 1. The summed E-state index contributed by atoms with van der Waals surface area (Å²) in [6.45, 7) is 0. The second-order valence-corrected chi connectivity index (χ2v) is 7.53. The van der Waals surface area contributed by atoms with E-state index in [0.717, 1.165) is 28.1 Å². The first-order chi connectivity index (χ1) is 12.7. The van der Waals surface area contributed by atoms with Crippen molar-refractivity contribution < 1.29 is 9.59 Å². The maximum Gasteiger partial charge on any atom is 0.253 e. The Morgan fingerprint density at radius 1 is 1.08 bits per heavy atom. The molecule has 0 saturated heterocycles. The average Bonchev–Trinajstić information content (AvgIpc) is 3.35. The molecule has 6 heteroatoms. The fourth-order valence-corrected chi connectivity index (χ4v) is 3.71. The van der Waals surface area contributed by atoms with E-state index in [2.05, 4.69) is 15.6 Å². The molecule has 0 unspecified atom stereocenters. The number of nitrogens with one attached hydrogen (secondary N) is 2. The summed E-state index contributed by atoms with van der Waals surface area (Å²) >= 11 is 1.61. The molecular formula is C20H19N3O2S. The minimum Gasteiger partial charge on any atom is -0.349 e. The maximum absolute atomic E-state index is 12.3. The molecule has 2 amide bonds. The summed E-state index contributed by atoms with van der Waals surface area (Å²) in [5.41, 5.74) is 2.03. The number of carbonyl (C=O) groups excluding carboxylic acids is 2. The normalized spacial score (nSPS) is 13.5. The molecule has 1 aromatic heterocycles. The summed E-state index contributed by atoms with van der Waals surface area (Å²) in [6.07, 6.45) is 2.98.